The van der Waals surface area contributed by atoms with Crippen LogP contribution in [0.4, 0.5) is 5.95 Å². The summed E-state index contributed by atoms with van der Waals surface area (Å²) in [5, 5.41) is 3.26. The third kappa shape index (κ3) is 2.89. The molecule has 1 fully saturated rings. The third-order valence-corrected chi connectivity index (χ3v) is 3.20. The minimum Gasteiger partial charge on any atom is -0.353 e. The van der Waals surface area contributed by atoms with Crippen molar-refractivity contribution < 1.29 is 0 Å². The van der Waals surface area contributed by atoms with Crippen molar-refractivity contribution in [3.63, 3.8) is 0 Å². The van der Waals surface area contributed by atoms with Gasteiger partial charge in [-0.05, 0) is 42.4 Å². The number of aromatic nitrogens is 2. The molecule has 1 aromatic rings. The van der Waals surface area contributed by atoms with Crippen LogP contribution in [0.2, 0.25) is 0 Å². The predicted molar refractivity (Wildman–Crippen MR) is 63.9 cm³/mol. The fourth-order valence-electron chi connectivity index (χ4n) is 1.85. The Labute approximate surface area is 98.2 Å². The van der Waals surface area contributed by atoms with E-state index in [9.17, 15) is 0 Å². The van der Waals surface area contributed by atoms with E-state index in [4.69, 9.17) is 0 Å². The Morgan fingerprint density at radius 3 is 2.87 bits per heavy atom. The molecule has 1 aromatic heterocycles. The number of hydrogen-bond donors (Lipinski definition) is 1. The van der Waals surface area contributed by atoms with Crippen molar-refractivity contribution in [3.8, 4) is 0 Å². The molecule has 1 saturated heterocycles. The SMILES string of the molecule is CN1CCCC1CNc1ncc(Br)cn1. The number of anilines is 1. The van der Waals surface area contributed by atoms with Gasteiger partial charge in [0.15, 0.2) is 0 Å². The topological polar surface area (TPSA) is 41.0 Å². The summed E-state index contributed by atoms with van der Waals surface area (Å²) < 4.78 is 0.908. The lowest BCUT2D eigenvalue weighted by molar-refractivity contribution is 0.322. The lowest BCUT2D eigenvalue weighted by Crippen LogP contribution is -2.31. The largest absolute Gasteiger partial charge is 0.353 e. The molecule has 0 aliphatic carbocycles. The van der Waals surface area contributed by atoms with Gasteiger partial charge in [-0.25, -0.2) is 9.97 Å². The van der Waals surface area contributed by atoms with E-state index in [0.29, 0.717) is 12.0 Å². The van der Waals surface area contributed by atoms with Gasteiger partial charge in [0.1, 0.15) is 0 Å². The Kier molecular flexibility index (Phi) is 3.53. The predicted octanol–water partition coefficient (Wildman–Crippen LogP) is 1.75. The van der Waals surface area contributed by atoms with Gasteiger partial charge in [-0.3, -0.25) is 0 Å². The number of likely N-dealkylation sites (tertiary alicyclic amines) is 1. The summed E-state index contributed by atoms with van der Waals surface area (Å²) in [4.78, 5) is 10.7. The molecule has 5 heteroatoms. The average Bonchev–Trinajstić information content (AvgIpc) is 2.63. The maximum Gasteiger partial charge on any atom is 0.222 e. The van der Waals surface area contributed by atoms with E-state index in [1.54, 1.807) is 12.4 Å². The van der Waals surface area contributed by atoms with Crippen molar-refractivity contribution in [2.75, 3.05) is 25.5 Å². The fraction of sp³-hybridized carbons (Fsp3) is 0.600. The van der Waals surface area contributed by atoms with Crippen LogP contribution in [-0.4, -0.2) is 41.0 Å². The highest BCUT2D eigenvalue weighted by Gasteiger charge is 2.20. The van der Waals surface area contributed by atoms with E-state index in [2.05, 4.69) is 43.2 Å². The van der Waals surface area contributed by atoms with Gasteiger partial charge >= 0.3 is 0 Å². The molecule has 15 heavy (non-hydrogen) atoms. The maximum absolute atomic E-state index is 4.18. The zero-order chi connectivity index (χ0) is 10.7. The Hall–Kier alpha value is -0.680. The monoisotopic (exact) mass is 270 g/mol. The number of nitrogens with one attached hydrogen (secondary N) is 1. The first-order chi connectivity index (χ1) is 7.25. The molecule has 0 amide bonds. The Bertz CT molecular complexity index is 314. The summed E-state index contributed by atoms with van der Waals surface area (Å²) in [6.45, 7) is 2.13. The van der Waals surface area contributed by atoms with Gasteiger partial charge in [0.25, 0.3) is 0 Å². The molecule has 82 valence electrons. The lowest BCUT2D eigenvalue weighted by Gasteiger charge is -2.19. The fourth-order valence-corrected chi connectivity index (χ4v) is 2.05. The summed E-state index contributed by atoms with van der Waals surface area (Å²) in [7, 11) is 2.17. The normalized spacial score (nSPS) is 21.9. The zero-order valence-corrected chi connectivity index (χ0v) is 10.4. The average molecular weight is 271 g/mol. The van der Waals surface area contributed by atoms with Crippen LogP contribution in [-0.2, 0) is 0 Å². The highest BCUT2D eigenvalue weighted by atomic mass is 79.9. The van der Waals surface area contributed by atoms with Crippen LogP contribution < -0.4 is 5.32 Å². The Morgan fingerprint density at radius 2 is 2.27 bits per heavy atom. The molecule has 0 spiro atoms. The Balaban J connectivity index is 1.85. The summed E-state index contributed by atoms with van der Waals surface area (Å²) in [5.74, 6) is 0.707. The third-order valence-electron chi connectivity index (χ3n) is 2.79. The molecule has 1 atom stereocenters. The van der Waals surface area contributed by atoms with Crippen LogP contribution in [0.5, 0.6) is 0 Å². The molecule has 2 heterocycles. The van der Waals surface area contributed by atoms with Crippen LogP contribution in [0.1, 0.15) is 12.8 Å². The number of nitrogens with zero attached hydrogens (tertiary/aromatic N) is 3. The number of likely N-dealkylation sites (N-methyl/N-ethyl adjacent to an activating group) is 1. The molecule has 1 aliphatic rings. The molecule has 0 radical (unpaired) electrons. The quantitative estimate of drug-likeness (QED) is 0.909. The van der Waals surface area contributed by atoms with Gasteiger partial charge in [-0.1, -0.05) is 0 Å². The molecule has 1 aliphatic heterocycles. The minimum atomic E-state index is 0.622. The maximum atomic E-state index is 4.18. The van der Waals surface area contributed by atoms with Gasteiger partial charge in [0, 0.05) is 25.0 Å². The second kappa shape index (κ2) is 4.90. The second-order valence-electron chi connectivity index (χ2n) is 3.88. The van der Waals surface area contributed by atoms with Gasteiger partial charge < -0.3 is 10.2 Å². The highest BCUT2D eigenvalue weighted by molar-refractivity contribution is 9.10. The van der Waals surface area contributed by atoms with Crippen molar-refractivity contribution in [1.82, 2.24) is 14.9 Å². The van der Waals surface area contributed by atoms with Crippen molar-refractivity contribution in [2.45, 2.75) is 18.9 Å². The molecule has 0 bridgehead atoms. The van der Waals surface area contributed by atoms with Gasteiger partial charge in [-0.15, -0.1) is 0 Å². The smallest absolute Gasteiger partial charge is 0.222 e. The molecule has 2 rings (SSSR count). The van der Waals surface area contributed by atoms with Gasteiger partial charge in [0.2, 0.25) is 5.95 Å². The number of halogens is 1. The van der Waals surface area contributed by atoms with Crippen LogP contribution in [0, 0.1) is 0 Å². The van der Waals surface area contributed by atoms with Crippen LogP contribution >= 0.6 is 15.9 Å². The standard InChI is InChI=1S/C10H15BrN4/c1-15-4-2-3-9(15)7-14-10-12-5-8(11)6-13-10/h5-6,9H,2-4,7H2,1H3,(H,12,13,14). The zero-order valence-electron chi connectivity index (χ0n) is 8.78. The summed E-state index contributed by atoms with van der Waals surface area (Å²) >= 11 is 3.31. The van der Waals surface area contributed by atoms with Gasteiger partial charge in [0.05, 0.1) is 4.47 Å². The highest BCUT2D eigenvalue weighted by Crippen LogP contribution is 2.15. The van der Waals surface area contributed by atoms with Crippen LogP contribution in [0.15, 0.2) is 16.9 Å². The van der Waals surface area contributed by atoms with Crippen molar-refractivity contribution in [1.29, 1.82) is 0 Å². The summed E-state index contributed by atoms with van der Waals surface area (Å²) in [6.07, 6.45) is 6.07. The summed E-state index contributed by atoms with van der Waals surface area (Å²) in [6, 6.07) is 0.622. The van der Waals surface area contributed by atoms with Crippen LogP contribution in [0.3, 0.4) is 0 Å². The summed E-state index contributed by atoms with van der Waals surface area (Å²) in [5.41, 5.74) is 0. The van der Waals surface area contributed by atoms with Gasteiger partial charge in [-0.2, -0.15) is 0 Å². The molecule has 4 nitrogen and oxygen atoms in total. The number of hydrogen-bond acceptors (Lipinski definition) is 4. The van der Waals surface area contributed by atoms with Crippen molar-refractivity contribution in [2.24, 2.45) is 0 Å². The first kappa shape index (κ1) is 10.8. The minimum absolute atomic E-state index is 0.622. The van der Waals surface area contributed by atoms with Crippen LogP contribution in [0.25, 0.3) is 0 Å². The molecular weight excluding hydrogens is 256 g/mol. The van der Waals surface area contributed by atoms with E-state index in [1.165, 1.54) is 19.4 Å². The second-order valence-corrected chi connectivity index (χ2v) is 4.80. The molecule has 0 aromatic carbocycles. The Morgan fingerprint density at radius 1 is 1.53 bits per heavy atom. The lowest BCUT2D eigenvalue weighted by atomic mass is 10.2. The molecule has 0 saturated carbocycles. The first-order valence-corrected chi connectivity index (χ1v) is 5.96. The molecule has 1 N–H and O–H groups in total. The van der Waals surface area contributed by atoms with E-state index in [1.807, 2.05) is 0 Å². The van der Waals surface area contributed by atoms with E-state index >= 15 is 0 Å². The van der Waals surface area contributed by atoms with E-state index in [0.717, 1.165) is 11.0 Å². The van der Waals surface area contributed by atoms with E-state index < -0.39 is 0 Å². The first-order valence-electron chi connectivity index (χ1n) is 5.17. The number of rotatable bonds is 3. The molecule has 1 unspecified atom stereocenters. The molecular formula is C10H15BrN4. The van der Waals surface area contributed by atoms with Crippen molar-refractivity contribution >= 4 is 21.9 Å². The van der Waals surface area contributed by atoms with E-state index in [-0.39, 0.29) is 0 Å². The van der Waals surface area contributed by atoms with Crippen molar-refractivity contribution in [3.05, 3.63) is 16.9 Å².